The van der Waals surface area contributed by atoms with Crippen LogP contribution in [0.5, 0.6) is 5.75 Å². The summed E-state index contributed by atoms with van der Waals surface area (Å²) in [5.41, 5.74) is 0. The molecule has 0 heterocycles. The summed E-state index contributed by atoms with van der Waals surface area (Å²) in [6.45, 7) is 0. The number of carbonyl (C=O) groups excluding carboxylic acids is 1. The standard InChI is InChI=1S/C7H5ClO3/c8-5-3-1-2-4-6(5)11-7(9)10/h1-4H,(H,9,10)/p-1. The second kappa shape index (κ2) is 3.25. The minimum absolute atomic E-state index is 0.0918. The molecule has 0 aromatic heterocycles. The number of ether oxygens (including phenoxy) is 1. The van der Waals surface area contributed by atoms with Gasteiger partial charge < -0.3 is 14.6 Å². The second-order valence-corrected chi connectivity index (χ2v) is 2.19. The van der Waals surface area contributed by atoms with E-state index in [1.165, 1.54) is 12.1 Å². The molecule has 58 valence electrons. The number of carboxylic acid groups (broad SMARTS) is 1. The molecular weight excluding hydrogens is 168 g/mol. The number of halogens is 1. The summed E-state index contributed by atoms with van der Waals surface area (Å²) in [7, 11) is 0. The van der Waals surface area contributed by atoms with Gasteiger partial charge in [-0.1, -0.05) is 23.7 Å². The SMILES string of the molecule is O=C([O-])Oc1ccccc1Cl. The van der Waals surface area contributed by atoms with Crippen molar-refractivity contribution in [2.24, 2.45) is 0 Å². The second-order valence-electron chi connectivity index (χ2n) is 1.78. The minimum Gasteiger partial charge on any atom is -0.512 e. The molecular formula is C7H4ClO3-. The summed E-state index contributed by atoms with van der Waals surface area (Å²) < 4.78 is 4.22. The molecule has 3 nitrogen and oxygen atoms in total. The van der Waals surface area contributed by atoms with Crippen LogP contribution in [0.4, 0.5) is 4.79 Å². The Bertz CT molecular complexity index is 272. The normalized spacial score (nSPS) is 9.18. The summed E-state index contributed by atoms with van der Waals surface area (Å²) in [6, 6.07) is 6.26. The van der Waals surface area contributed by atoms with Crippen LogP contribution in [0.25, 0.3) is 0 Å². The first-order valence-electron chi connectivity index (χ1n) is 2.83. The summed E-state index contributed by atoms with van der Waals surface area (Å²) in [5.74, 6) is 0.0918. The van der Waals surface area contributed by atoms with Crippen molar-refractivity contribution in [3.8, 4) is 5.75 Å². The first-order valence-corrected chi connectivity index (χ1v) is 3.21. The van der Waals surface area contributed by atoms with E-state index >= 15 is 0 Å². The van der Waals surface area contributed by atoms with E-state index in [1.54, 1.807) is 12.1 Å². The van der Waals surface area contributed by atoms with Gasteiger partial charge in [0.25, 0.3) is 6.16 Å². The highest BCUT2D eigenvalue weighted by Crippen LogP contribution is 2.22. The van der Waals surface area contributed by atoms with E-state index in [0.29, 0.717) is 0 Å². The summed E-state index contributed by atoms with van der Waals surface area (Å²) in [6.07, 6.45) is -1.61. The number of rotatable bonds is 1. The van der Waals surface area contributed by atoms with Crippen LogP contribution in [0.2, 0.25) is 5.02 Å². The Morgan fingerprint density at radius 1 is 1.45 bits per heavy atom. The van der Waals surface area contributed by atoms with Gasteiger partial charge in [-0.15, -0.1) is 0 Å². The van der Waals surface area contributed by atoms with Crippen LogP contribution in [-0.4, -0.2) is 6.16 Å². The molecule has 0 fully saturated rings. The molecule has 0 aliphatic heterocycles. The predicted octanol–water partition coefficient (Wildman–Crippen LogP) is 1.06. The fourth-order valence-corrected chi connectivity index (χ4v) is 0.792. The zero-order chi connectivity index (χ0) is 8.27. The molecule has 0 bridgehead atoms. The Hall–Kier alpha value is -1.22. The van der Waals surface area contributed by atoms with Gasteiger partial charge in [0.1, 0.15) is 0 Å². The minimum atomic E-state index is -1.61. The van der Waals surface area contributed by atoms with Crippen LogP contribution in [0.1, 0.15) is 0 Å². The average molecular weight is 172 g/mol. The number of hydrogen-bond acceptors (Lipinski definition) is 3. The highest BCUT2D eigenvalue weighted by molar-refractivity contribution is 6.32. The number of para-hydroxylation sites is 1. The lowest BCUT2D eigenvalue weighted by molar-refractivity contribution is -0.271. The quantitative estimate of drug-likeness (QED) is 0.469. The van der Waals surface area contributed by atoms with Crippen molar-refractivity contribution in [1.82, 2.24) is 0 Å². The van der Waals surface area contributed by atoms with Crippen molar-refractivity contribution in [3.05, 3.63) is 29.3 Å². The van der Waals surface area contributed by atoms with Gasteiger partial charge >= 0.3 is 0 Å². The number of hydrogen-bond donors (Lipinski definition) is 0. The molecule has 0 spiro atoms. The molecule has 0 atom stereocenters. The first-order chi connectivity index (χ1) is 5.20. The van der Waals surface area contributed by atoms with Crippen molar-refractivity contribution in [1.29, 1.82) is 0 Å². The van der Waals surface area contributed by atoms with Gasteiger partial charge in [-0.2, -0.15) is 0 Å². The van der Waals surface area contributed by atoms with Crippen LogP contribution >= 0.6 is 11.6 Å². The third-order valence-corrected chi connectivity index (χ3v) is 1.34. The van der Waals surface area contributed by atoms with E-state index < -0.39 is 6.16 Å². The molecule has 0 aliphatic carbocycles. The lowest BCUT2D eigenvalue weighted by atomic mass is 10.3. The molecule has 1 aromatic rings. The summed E-state index contributed by atoms with van der Waals surface area (Å²) in [5, 5.41) is 10.2. The zero-order valence-corrected chi connectivity index (χ0v) is 6.17. The number of benzene rings is 1. The number of carbonyl (C=O) groups is 1. The highest BCUT2D eigenvalue weighted by atomic mass is 35.5. The van der Waals surface area contributed by atoms with Crippen LogP contribution in [0.15, 0.2) is 24.3 Å². The maximum Gasteiger partial charge on any atom is 0.257 e. The van der Waals surface area contributed by atoms with Gasteiger partial charge in [-0.3, -0.25) is 0 Å². The molecule has 0 unspecified atom stereocenters. The van der Waals surface area contributed by atoms with Gasteiger partial charge in [0.15, 0.2) is 0 Å². The Morgan fingerprint density at radius 2 is 2.09 bits per heavy atom. The molecule has 0 saturated heterocycles. The average Bonchev–Trinajstić information content (AvgIpc) is 1.93. The van der Waals surface area contributed by atoms with E-state index in [9.17, 15) is 9.90 Å². The molecule has 0 amide bonds. The molecule has 11 heavy (non-hydrogen) atoms. The van der Waals surface area contributed by atoms with E-state index in [1.807, 2.05) is 0 Å². The molecule has 1 rings (SSSR count). The molecule has 0 radical (unpaired) electrons. The van der Waals surface area contributed by atoms with E-state index in [2.05, 4.69) is 4.74 Å². The van der Waals surface area contributed by atoms with Gasteiger partial charge in [-0.25, -0.2) is 0 Å². The molecule has 0 N–H and O–H groups in total. The lowest BCUT2D eigenvalue weighted by Crippen LogP contribution is -2.26. The zero-order valence-electron chi connectivity index (χ0n) is 5.41. The predicted molar refractivity (Wildman–Crippen MR) is 37.5 cm³/mol. The Morgan fingerprint density at radius 3 is 2.64 bits per heavy atom. The topological polar surface area (TPSA) is 49.4 Å². The molecule has 0 saturated carbocycles. The molecule has 1 aromatic carbocycles. The van der Waals surface area contributed by atoms with E-state index in [-0.39, 0.29) is 10.8 Å². The highest BCUT2D eigenvalue weighted by Gasteiger charge is 1.95. The van der Waals surface area contributed by atoms with E-state index in [4.69, 9.17) is 11.6 Å². The largest absolute Gasteiger partial charge is 0.512 e. The van der Waals surface area contributed by atoms with Crippen molar-refractivity contribution in [2.75, 3.05) is 0 Å². The smallest absolute Gasteiger partial charge is 0.257 e. The molecule has 0 aliphatic rings. The van der Waals surface area contributed by atoms with Gasteiger partial charge in [0, 0.05) is 0 Å². The summed E-state index contributed by atoms with van der Waals surface area (Å²) >= 11 is 5.55. The van der Waals surface area contributed by atoms with Gasteiger partial charge in [0.2, 0.25) is 0 Å². The van der Waals surface area contributed by atoms with Crippen LogP contribution < -0.4 is 9.84 Å². The Balaban J connectivity index is 2.86. The van der Waals surface area contributed by atoms with Gasteiger partial charge in [0.05, 0.1) is 10.8 Å². The van der Waals surface area contributed by atoms with Crippen LogP contribution in [0.3, 0.4) is 0 Å². The monoisotopic (exact) mass is 171 g/mol. The lowest BCUT2D eigenvalue weighted by Gasteiger charge is -2.08. The fourth-order valence-electron chi connectivity index (χ4n) is 0.617. The Kier molecular flexibility index (Phi) is 2.33. The Labute approximate surface area is 68.2 Å². The van der Waals surface area contributed by atoms with Crippen molar-refractivity contribution in [3.63, 3.8) is 0 Å². The van der Waals surface area contributed by atoms with Crippen molar-refractivity contribution >= 4 is 17.8 Å². The maximum atomic E-state index is 9.93. The van der Waals surface area contributed by atoms with Crippen molar-refractivity contribution < 1.29 is 14.6 Å². The first kappa shape index (κ1) is 7.88. The van der Waals surface area contributed by atoms with Crippen molar-refractivity contribution in [2.45, 2.75) is 0 Å². The van der Waals surface area contributed by atoms with Crippen LogP contribution in [-0.2, 0) is 0 Å². The van der Waals surface area contributed by atoms with E-state index in [0.717, 1.165) is 0 Å². The van der Waals surface area contributed by atoms with Gasteiger partial charge in [-0.05, 0) is 12.1 Å². The fraction of sp³-hybridized carbons (Fsp3) is 0. The maximum absolute atomic E-state index is 9.93. The summed E-state index contributed by atoms with van der Waals surface area (Å²) in [4.78, 5) is 9.93. The third-order valence-electron chi connectivity index (χ3n) is 1.03. The molecule has 4 heteroatoms. The third kappa shape index (κ3) is 2.13. The van der Waals surface area contributed by atoms with Crippen LogP contribution in [0, 0.1) is 0 Å².